The van der Waals surface area contributed by atoms with Crippen molar-refractivity contribution in [3.63, 3.8) is 0 Å². The molecule has 0 saturated carbocycles. The Bertz CT molecular complexity index is 709. The molecule has 3 heterocycles. The summed E-state index contributed by atoms with van der Waals surface area (Å²) in [5.74, 6) is 0.817. The van der Waals surface area contributed by atoms with Crippen LogP contribution < -0.4 is 11.1 Å². The third kappa shape index (κ3) is 3.66. The summed E-state index contributed by atoms with van der Waals surface area (Å²) in [7, 11) is 0. The number of hydrogen-bond donors (Lipinski definition) is 3. The van der Waals surface area contributed by atoms with Crippen LogP contribution in [0.4, 0.5) is 11.9 Å². The zero-order valence-electron chi connectivity index (χ0n) is 14.2. The number of anilines is 2. The van der Waals surface area contributed by atoms with Crippen molar-refractivity contribution in [1.29, 1.82) is 0 Å². The van der Waals surface area contributed by atoms with Gasteiger partial charge in [-0.3, -0.25) is 4.79 Å². The maximum Gasteiger partial charge on any atom is 0.273 e. The van der Waals surface area contributed by atoms with E-state index in [1.807, 2.05) is 10.3 Å². The van der Waals surface area contributed by atoms with Crippen LogP contribution in [0.5, 0.6) is 0 Å². The molecule has 0 spiro atoms. The Labute approximate surface area is 144 Å². The number of piperidine rings is 1. The van der Waals surface area contributed by atoms with Crippen LogP contribution in [0.2, 0.25) is 0 Å². The van der Waals surface area contributed by atoms with Gasteiger partial charge in [0.2, 0.25) is 11.9 Å². The molecule has 1 fully saturated rings. The van der Waals surface area contributed by atoms with Gasteiger partial charge in [0.1, 0.15) is 5.69 Å². The van der Waals surface area contributed by atoms with Crippen LogP contribution >= 0.6 is 11.3 Å². The first-order valence-corrected chi connectivity index (χ1v) is 8.90. The van der Waals surface area contributed by atoms with Gasteiger partial charge in [0.15, 0.2) is 0 Å². The maximum absolute atomic E-state index is 12.6. The smallest absolute Gasteiger partial charge is 0.273 e. The molecule has 2 aromatic heterocycles. The Morgan fingerprint density at radius 1 is 1.38 bits per heavy atom. The van der Waals surface area contributed by atoms with Crippen LogP contribution in [0.25, 0.3) is 0 Å². The minimum Gasteiger partial charge on any atom is -0.368 e. The minimum absolute atomic E-state index is 0.0161. The topological polar surface area (TPSA) is 113 Å². The van der Waals surface area contributed by atoms with Gasteiger partial charge in [-0.1, -0.05) is 20.8 Å². The largest absolute Gasteiger partial charge is 0.368 e. The van der Waals surface area contributed by atoms with Crippen molar-refractivity contribution in [1.82, 2.24) is 25.1 Å². The minimum atomic E-state index is -0.0293. The quantitative estimate of drug-likeness (QED) is 0.779. The van der Waals surface area contributed by atoms with Crippen LogP contribution in [0, 0.1) is 0 Å². The van der Waals surface area contributed by atoms with Crippen molar-refractivity contribution in [2.24, 2.45) is 0 Å². The van der Waals surface area contributed by atoms with Gasteiger partial charge >= 0.3 is 0 Å². The van der Waals surface area contributed by atoms with E-state index in [-0.39, 0.29) is 17.4 Å². The number of likely N-dealkylation sites (tertiary alicyclic amines) is 1. The third-order valence-electron chi connectivity index (χ3n) is 3.98. The zero-order valence-corrected chi connectivity index (χ0v) is 15.0. The fourth-order valence-corrected chi connectivity index (χ4v) is 3.51. The van der Waals surface area contributed by atoms with Gasteiger partial charge in [0.25, 0.3) is 5.91 Å². The Kier molecular flexibility index (Phi) is 4.44. The lowest BCUT2D eigenvalue weighted by Gasteiger charge is -2.31. The van der Waals surface area contributed by atoms with E-state index in [0.717, 1.165) is 17.8 Å². The van der Waals surface area contributed by atoms with Crippen LogP contribution in [0.15, 0.2) is 5.38 Å². The standard InChI is InChI=1S/C15H23N7OS/c1-15(2,3)12-18-10(8-24-12)11(23)22-6-4-9(5-7-22)17-14-19-13(16)20-21-14/h8-9H,4-7H2,1-3H3,(H4,16,17,19,20,21). The molecule has 0 aromatic carbocycles. The fraction of sp³-hybridized carbons (Fsp3) is 0.600. The monoisotopic (exact) mass is 349 g/mol. The predicted octanol–water partition coefficient (Wildman–Crippen LogP) is 1.86. The number of nitrogens with two attached hydrogens (primary N) is 1. The van der Waals surface area contributed by atoms with Crippen molar-refractivity contribution in [3.05, 3.63) is 16.1 Å². The second-order valence-corrected chi connectivity index (χ2v) is 7.90. The molecular formula is C15H23N7OS. The number of H-pyrrole nitrogens is 1. The lowest BCUT2D eigenvalue weighted by molar-refractivity contribution is 0.0713. The number of nitrogens with zero attached hydrogens (tertiary/aromatic N) is 4. The van der Waals surface area contributed by atoms with Gasteiger partial charge in [0, 0.05) is 29.9 Å². The van der Waals surface area contributed by atoms with Crippen molar-refractivity contribution in [2.75, 3.05) is 24.1 Å². The predicted molar refractivity (Wildman–Crippen MR) is 94.2 cm³/mol. The van der Waals surface area contributed by atoms with E-state index in [2.05, 4.69) is 46.3 Å². The van der Waals surface area contributed by atoms with Gasteiger partial charge in [-0.2, -0.15) is 4.98 Å². The Hall–Kier alpha value is -2.16. The molecule has 0 atom stereocenters. The fourth-order valence-electron chi connectivity index (χ4n) is 2.63. The molecule has 4 N–H and O–H groups in total. The van der Waals surface area contributed by atoms with Crippen LogP contribution in [-0.2, 0) is 5.41 Å². The van der Waals surface area contributed by atoms with Crippen molar-refractivity contribution >= 4 is 29.1 Å². The van der Waals surface area contributed by atoms with E-state index in [1.54, 1.807) is 11.3 Å². The molecule has 3 rings (SSSR count). The van der Waals surface area contributed by atoms with Gasteiger partial charge < -0.3 is 16.0 Å². The summed E-state index contributed by atoms with van der Waals surface area (Å²) < 4.78 is 0. The maximum atomic E-state index is 12.6. The number of hydrogen-bond acceptors (Lipinski definition) is 7. The molecule has 1 aliphatic heterocycles. The Morgan fingerprint density at radius 2 is 2.08 bits per heavy atom. The molecule has 0 bridgehead atoms. The van der Waals surface area contributed by atoms with Crippen molar-refractivity contribution < 1.29 is 4.79 Å². The summed E-state index contributed by atoms with van der Waals surface area (Å²) in [4.78, 5) is 23.0. The molecule has 0 unspecified atom stereocenters. The molecule has 9 heteroatoms. The van der Waals surface area contributed by atoms with E-state index < -0.39 is 0 Å². The molecule has 0 radical (unpaired) electrons. The van der Waals surface area contributed by atoms with Crippen LogP contribution in [0.3, 0.4) is 0 Å². The third-order valence-corrected chi connectivity index (χ3v) is 5.25. The van der Waals surface area contributed by atoms with E-state index in [0.29, 0.717) is 30.7 Å². The number of carbonyl (C=O) groups is 1. The highest BCUT2D eigenvalue weighted by atomic mass is 32.1. The molecule has 1 saturated heterocycles. The number of amides is 1. The number of aromatic amines is 1. The lowest BCUT2D eigenvalue weighted by atomic mass is 9.98. The van der Waals surface area contributed by atoms with E-state index in [1.165, 1.54) is 0 Å². The first-order chi connectivity index (χ1) is 11.3. The van der Waals surface area contributed by atoms with Gasteiger partial charge in [0.05, 0.1) is 5.01 Å². The number of thiazole rings is 1. The van der Waals surface area contributed by atoms with Crippen molar-refractivity contribution in [3.8, 4) is 0 Å². The molecule has 1 amide bonds. The van der Waals surface area contributed by atoms with E-state index in [9.17, 15) is 4.79 Å². The molecule has 1 aliphatic rings. The number of nitrogen functional groups attached to an aromatic ring is 1. The molecule has 0 aliphatic carbocycles. The van der Waals surface area contributed by atoms with Gasteiger partial charge in [-0.15, -0.1) is 16.4 Å². The normalized spacial score (nSPS) is 16.4. The Morgan fingerprint density at radius 3 is 2.62 bits per heavy atom. The summed E-state index contributed by atoms with van der Waals surface area (Å²) >= 11 is 1.55. The average molecular weight is 349 g/mol. The van der Waals surface area contributed by atoms with E-state index in [4.69, 9.17) is 5.73 Å². The SMILES string of the molecule is CC(C)(C)c1nc(C(=O)N2CCC(Nc3n[nH]c(N)n3)CC2)cs1. The lowest BCUT2D eigenvalue weighted by Crippen LogP contribution is -2.42. The molecule has 24 heavy (non-hydrogen) atoms. The second kappa shape index (κ2) is 6.39. The van der Waals surface area contributed by atoms with Crippen molar-refractivity contribution in [2.45, 2.75) is 45.1 Å². The van der Waals surface area contributed by atoms with Gasteiger partial charge in [-0.25, -0.2) is 10.1 Å². The number of carbonyl (C=O) groups excluding carboxylic acids is 1. The number of nitrogens with one attached hydrogen (secondary N) is 2. The highest BCUT2D eigenvalue weighted by molar-refractivity contribution is 7.10. The molecule has 130 valence electrons. The highest BCUT2D eigenvalue weighted by Crippen LogP contribution is 2.26. The zero-order chi connectivity index (χ0) is 17.3. The average Bonchev–Trinajstić information content (AvgIpc) is 3.16. The van der Waals surface area contributed by atoms with E-state index >= 15 is 0 Å². The van der Waals surface area contributed by atoms with Crippen LogP contribution in [-0.4, -0.2) is 50.1 Å². The first-order valence-electron chi connectivity index (χ1n) is 8.02. The Balaban J connectivity index is 1.56. The van der Waals surface area contributed by atoms with Crippen LogP contribution in [0.1, 0.15) is 49.1 Å². The summed E-state index contributed by atoms with van der Waals surface area (Å²) in [5, 5.41) is 12.7. The molecular weight excluding hydrogens is 326 g/mol. The molecule has 2 aromatic rings. The number of rotatable bonds is 3. The number of aromatic nitrogens is 4. The summed E-state index contributed by atoms with van der Waals surface area (Å²) in [6.07, 6.45) is 1.69. The summed E-state index contributed by atoms with van der Waals surface area (Å²) in [6.45, 7) is 7.70. The highest BCUT2D eigenvalue weighted by Gasteiger charge is 2.27. The second-order valence-electron chi connectivity index (χ2n) is 7.04. The first kappa shape index (κ1) is 16.7. The summed E-state index contributed by atoms with van der Waals surface area (Å²) in [5.41, 5.74) is 6.04. The summed E-state index contributed by atoms with van der Waals surface area (Å²) in [6, 6.07) is 0.241. The van der Waals surface area contributed by atoms with Gasteiger partial charge in [-0.05, 0) is 12.8 Å². The molecule has 8 nitrogen and oxygen atoms in total.